The number of anilines is 2. The van der Waals surface area contributed by atoms with Gasteiger partial charge in [0.1, 0.15) is 5.75 Å². The maximum atomic E-state index is 12.7. The second-order valence-corrected chi connectivity index (χ2v) is 7.67. The molecule has 0 bridgehead atoms. The fourth-order valence-electron chi connectivity index (χ4n) is 2.80. The van der Waals surface area contributed by atoms with Crippen molar-refractivity contribution >= 4 is 56.4 Å². The summed E-state index contributed by atoms with van der Waals surface area (Å²) in [5, 5.41) is 8.46. The number of carbonyl (C=O) groups excluding carboxylic acids is 2. The predicted octanol–water partition coefficient (Wildman–Crippen LogP) is 5.23. The lowest BCUT2D eigenvalue weighted by atomic mass is 10.1. The molecule has 0 aliphatic rings. The molecule has 158 valence electrons. The zero-order valence-corrected chi connectivity index (χ0v) is 19.0. The van der Waals surface area contributed by atoms with Crippen LogP contribution in [0, 0.1) is 0 Å². The van der Waals surface area contributed by atoms with Gasteiger partial charge in [-0.2, -0.15) is 0 Å². The molecule has 6 nitrogen and oxygen atoms in total. The summed E-state index contributed by atoms with van der Waals surface area (Å²) in [4.78, 5) is 25.4. The molecule has 0 aromatic heterocycles. The lowest BCUT2D eigenvalue weighted by Gasteiger charge is -2.15. The first-order chi connectivity index (χ1) is 15.0. The van der Waals surface area contributed by atoms with E-state index in [-0.39, 0.29) is 11.0 Å². The Balaban J connectivity index is 1.72. The number of hydrogen-bond donors (Lipinski definition) is 3. The molecule has 0 aliphatic heterocycles. The molecule has 31 heavy (non-hydrogen) atoms. The van der Waals surface area contributed by atoms with Crippen LogP contribution in [-0.2, 0) is 0 Å². The van der Waals surface area contributed by atoms with E-state index in [1.807, 2.05) is 25.1 Å². The minimum absolute atomic E-state index is 0.0624. The van der Waals surface area contributed by atoms with Gasteiger partial charge in [-0.05, 0) is 61.6 Å². The Kier molecular flexibility index (Phi) is 7.75. The van der Waals surface area contributed by atoms with E-state index >= 15 is 0 Å². The van der Waals surface area contributed by atoms with Crippen LogP contribution in [0.25, 0.3) is 0 Å². The second-order valence-electron chi connectivity index (χ2n) is 6.35. The first-order valence-electron chi connectivity index (χ1n) is 9.48. The number of rotatable bonds is 6. The van der Waals surface area contributed by atoms with Crippen molar-refractivity contribution in [2.75, 3.05) is 17.2 Å². The highest BCUT2D eigenvalue weighted by Gasteiger charge is 2.16. The number of halogens is 1. The molecule has 0 saturated heterocycles. The van der Waals surface area contributed by atoms with Gasteiger partial charge >= 0.3 is 0 Å². The number of benzene rings is 3. The summed E-state index contributed by atoms with van der Waals surface area (Å²) in [6.07, 6.45) is 0. The van der Waals surface area contributed by atoms with Crippen LogP contribution in [0.3, 0.4) is 0 Å². The van der Waals surface area contributed by atoms with Crippen molar-refractivity contribution in [1.29, 1.82) is 0 Å². The minimum Gasteiger partial charge on any atom is -0.493 e. The number of ether oxygens (including phenoxy) is 1. The van der Waals surface area contributed by atoms with Crippen LogP contribution < -0.4 is 20.7 Å². The zero-order valence-electron chi connectivity index (χ0n) is 16.6. The standard InChI is InChI=1S/C23H20BrN3O3S/c1-2-30-20-13-12-15(24)14-18(20)22(29)27-23(31)26-19-11-7-6-10-17(19)21(28)25-16-8-4-3-5-9-16/h3-14H,2H2,1H3,(H,25,28)(H2,26,27,29,31). The van der Waals surface area contributed by atoms with E-state index in [2.05, 4.69) is 31.9 Å². The van der Waals surface area contributed by atoms with Crippen LogP contribution in [-0.4, -0.2) is 23.5 Å². The predicted molar refractivity (Wildman–Crippen MR) is 130 cm³/mol. The monoisotopic (exact) mass is 497 g/mol. The molecule has 3 rings (SSSR count). The molecule has 0 atom stereocenters. The van der Waals surface area contributed by atoms with E-state index in [0.717, 1.165) is 4.47 Å². The third-order valence-corrected chi connectivity index (χ3v) is 4.86. The quantitative estimate of drug-likeness (QED) is 0.406. The van der Waals surface area contributed by atoms with E-state index < -0.39 is 5.91 Å². The number of nitrogens with one attached hydrogen (secondary N) is 3. The lowest BCUT2D eigenvalue weighted by Crippen LogP contribution is -2.35. The topological polar surface area (TPSA) is 79.5 Å². The van der Waals surface area contributed by atoms with Crippen molar-refractivity contribution in [3.05, 3.63) is 88.4 Å². The summed E-state index contributed by atoms with van der Waals surface area (Å²) in [5.41, 5.74) is 1.88. The molecular weight excluding hydrogens is 478 g/mol. The molecule has 8 heteroatoms. The first kappa shape index (κ1) is 22.5. The van der Waals surface area contributed by atoms with Crippen LogP contribution >= 0.6 is 28.1 Å². The number of thiocarbonyl (C=S) groups is 1. The van der Waals surface area contributed by atoms with Gasteiger partial charge in [-0.15, -0.1) is 0 Å². The summed E-state index contributed by atoms with van der Waals surface area (Å²) in [6, 6.07) is 21.2. The van der Waals surface area contributed by atoms with Gasteiger partial charge in [0.2, 0.25) is 0 Å². The molecule has 3 aromatic carbocycles. The molecule has 0 heterocycles. The molecule has 0 unspecified atom stereocenters. The summed E-state index contributed by atoms with van der Waals surface area (Å²) in [7, 11) is 0. The number of amides is 2. The molecule has 0 radical (unpaired) electrons. The van der Waals surface area contributed by atoms with Crippen LogP contribution in [0.15, 0.2) is 77.3 Å². The highest BCUT2D eigenvalue weighted by atomic mass is 79.9. The second kappa shape index (κ2) is 10.7. The zero-order chi connectivity index (χ0) is 22.2. The smallest absolute Gasteiger partial charge is 0.261 e. The van der Waals surface area contributed by atoms with E-state index in [1.165, 1.54) is 0 Å². The maximum absolute atomic E-state index is 12.7. The van der Waals surface area contributed by atoms with Gasteiger partial charge in [-0.3, -0.25) is 14.9 Å². The Labute approximate surface area is 194 Å². The highest BCUT2D eigenvalue weighted by molar-refractivity contribution is 9.10. The summed E-state index contributed by atoms with van der Waals surface area (Å²) in [6.45, 7) is 2.27. The Morgan fingerprint density at radius 2 is 1.61 bits per heavy atom. The maximum Gasteiger partial charge on any atom is 0.261 e. The van der Waals surface area contributed by atoms with Gasteiger partial charge in [0.05, 0.1) is 23.4 Å². The number of carbonyl (C=O) groups is 2. The van der Waals surface area contributed by atoms with Crippen LogP contribution in [0.1, 0.15) is 27.6 Å². The van der Waals surface area contributed by atoms with Crippen molar-refractivity contribution in [1.82, 2.24) is 5.32 Å². The molecular formula is C23H20BrN3O3S. The first-order valence-corrected chi connectivity index (χ1v) is 10.7. The normalized spacial score (nSPS) is 10.1. The van der Waals surface area contributed by atoms with Crippen LogP contribution in [0.2, 0.25) is 0 Å². The van der Waals surface area contributed by atoms with Crippen LogP contribution in [0.4, 0.5) is 11.4 Å². The molecule has 3 aromatic rings. The van der Waals surface area contributed by atoms with Gasteiger partial charge in [0.25, 0.3) is 11.8 Å². The van der Waals surface area contributed by atoms with Crippen molar-refractivity contribution < 1.29 is 14.3 Å². The average molecular weight is 498 g/mol. The van der Waals surface area contributed by atoms with E-state index in [4.69, 9.17) is 17.0 Å². The molecule has 0 spiro atoms. The summed E-state index contributed by atoms with van der Waals surface area (Å²) in [5.74, 6) is -0.267. The Hall–Kier alpha value is -3.23. The van der Waals surface area contributed by atoms with E-state index in [1.54, 1.807) is 54.6 Å². The molecule has 2 amide bonds. The van der Waals surface area contributed by atoms with Crippen molar-refractivity contribution in [2.24, 2.45) is 0 Å². The summed E-state index contributed by atoms with van der Waals surface area (Å²) >= 11 is 8.66. The third kappa shape index (κ3) is 6.13. The number of para-hydroxylation sites is 2. The SMILES string of the molecule is CCOc1ccc(Br)cc1C(=O)NC(=S)Nc1ccccc1C(=O)Nc1ccccc1. The van der Waals surface area contributed by atoms with Gasteiger partial charge in [-0.25, -0.2) is 0 Å². The van der Waals surface area contributed by atoms with E-state index in [9.17, 15) is 9.59 Å². The van der Waals surface area contributed by atoms with Gasteiger partial charge in [-0.1, -0.05) is 46.3 Å². The molecule has 3 N–H and O–H groups in total. The Morgan fingerprint density at radius 3 is 2.35 bits per heavy atom. The van der Waals surface area contributed by atoms with Crippen molar-refractivity contribution in [2.45, 2.75) is 6.92 Å². The van der Waals surface area contributed by atoms with Crippen LogP contribution in [0.5, 0.6) is 5.75 Å². The number of hydrogen-bond acceptors (Lipinski definition) is 4. The van der Waals surface area contributed by atoms with Gasteiger partial charge < -0.3 is 15.4 Å². The average Bonchev–Trinajstić information content (AvgIpc) is 2.76. The molecule has 0 saturated carbocycles. The fourth-order valence-corrected chi connectivity index (χ4v) is 3.36. The van der Waals surface area contributed by atoms with Gasteiger partial charge in [0.15, 0.2) is 5.11 Å². The van der Waals surface area contributed by atoms with E-state index in [0.29, 0.717) is 34.9 Å². The fraction of sp³-hybridized carbons (Fsp3) is 0.0870. The third-order valence-electron chi connectivity index (χ3n) is 4.16. The Morgan fingerprint density at radius 1 is 0.903 bits per heavy atom. The molecule has 0 fully saturated rings. The summed E-state index contributed by atoms with van der Waals surface area (Å²) < 4.78 is 6.26. The Bertz CT molecular complexity index is 1110. The molecule has 0 aliphatic carbocycles. The van der Waals surface area contributed by atoms with Crippen molar-refractivity contribution in [3.63, 3.8) is 0 Å². The highest BCUT2D eigenvalue weighted by Crippen LogP contribution is 2.23. The lowest BCUT2D eigenvalue weighted by molar-refractivity contribution is 0.0973. The van der Waals surface area contributed by atoms with Crippen molar-refractivity contribution in [3.8, 4) is 5.75 Å². The largest absolute Gasteiger partial charge is 0.493 e. The van der Waals surface area contributed by atoms with Gasteiger partial charge in [0, 0.05) is 10.2 Å². The minimum atomic E-state index is -0.423.